The Labute approximate surface area is 197 Å². The second kappa shape index (κ2) is 11.6. The molecule has 3 aromatic rings. The van der Waals surface area contributed by atoms with Crippen molar-refractivity contribution >= 4 is 10.8 Å². The molecular formula is C31H36F2. The van der Waals surface area contributed by atoms with Gasteiger partial charge in [-0.15, -0.1) is 0 Å². The van der Waals surface area contributed by atoms with Gasteiger partial charge in [-0.05, 0) is 91.5 Å². The van der Waals surface area contributed by atoms with Crippen molar-refractivity contribution in [3.05, 3.63) is 95.1 Å². The average molecular weight is 447 g/mol. The van der Waals surface area contributed by atoms with Gasteiger partial charge in [-0.2, -0.15) is 0 Å². The first-order chi connectivity index (χ1) is 16.1. The van der Waals surface area contributed by atoms with E-state index < -0.39 is 0 Å². The molecule has 0 N–H and O–H groups in total. The van der Waals surface area contributed by atoms with Gasteiger partial charge in [0.25, 0.3) is 0 Å². The topological polar surface area (TPSA) is 0 Å². The molecule has 174 valence electrons. The van der Waals surface area contributed by atoms with Crippen LogP contribution in [0.1, 0.15) is 68.6 Å². The van der Waals surface area contributed by atoms with Crippen LogP contribution in [0.5, 0.6) is 0 Å². The van der Waals surface area contributed by atoms with Crippen molar-refractivity contribution < 1.29 is 8.78 Å². The fraction of sp³-hybridized carbons (Fsp3) is 0.419. The summed E-state index contributed by atoms with van der Waals surface area (Å²) in [4.78, 5) is 0. The van der Waals surface area contributed by atoms with Crippen LogP contribution in [0, 0.1) is 23.5 Å². The van der Waals surface area contributed by atoms with Gasteiger partial charge in [0, 0.05) is 5.39 Å². The molecule has 1 aliphatic rings. The highest BCUT2D eigenvalue weighted by Gasteiger charge is 2.20. The molecule has 0 atom stereocenters. The van der Waals surface area contributed by atoms with E-state index in [0.29, 0.717) is 18.2 Å². The van der Waals surface area contributed by atoms with Crippen LogP contribution in [0.25, 0.3) is 10.8 Å². The summed E-state index contributed by atoms with van der Waals surface area (Å²) in [5.74, 6) is 1.40. The monoisotopic (exact) mass is 446 g/mol. The maximum absolute atomic E-state index is 15.1. The zero-order chi connectivity index (χ0) is 23.0. The Morgan fingerprint density at radius 2 is 1.45 bits per heavy atom. The average Bonchev–Trinajstić information content (AvgIpc) is 2.84. The third kappa shape index (κ3) is 6.53. The molecule has 0 unspecified atom stereocenters. The van der Waals surface area contributed by atoms with E-state index in [-0.39, 0.29) is 11.6 Å². The van der Waals surface area contributed by atoms with Gasteiger partial charge in [0.05, 0.1) is 0 Å². The molecule has 0 aliphatic heterocycles. The maximum atomic E-state index is 15.1. The zero-order valence-electron chi connectivity index (χ0n) is 19.8. The minimum Gasteiger partial charge on any atom is -0.207 e. The standard InChI is InChI=1S/C31H36F2/c1-2-3-4-5-23-6-8-24(9-7-23)10-11-26-15-21-30-28(22-26)18-17-27(31(30)33)16-12-25-13-19-29(32)20-14-25/h2-3,13-15,17-24H,4-12,16H2,1H3/b3-2+. The Hall–Kier alpha value is -2.48. The van der Waals surface area contributed by atoms with E-state index in [2.05, 4.69) is 37.3 Å². The second-order valence-corrected chi connectivity index (χ2v) is 9.79. The van der Waals surface area contributed by atoms with Crippen molar-refractivity contribution in [2.45, 2.75) is 71.1 Å². The molecule has 0 radical (unpaired) electrons. The van der Waals surface area contributed by atoms with E-state index in [4.69, 9.17) is 0 Å². The molecule has 1 saturated carbocycles. The smallest absolute Gasteiger partial charge is 0.134 e. The number of halogens is 2. The highest BCUT2D eigenvalue weighted by molar-refractivity contribution is 5.84. The van der Waals surface area contributed by atoms with Gasteiger partial charge in [0.2, 0.25) is 0 Å². The molecule has 4 rings (SSSR count). The number of benzene rings is 3. The molecule has 33 heavy (non-hydrogen) atoms. The van der Waals surface area contributed by atoms with Crippen LogP contribution in [0.15, 0.2) is 66.7 Å². The number of hydrogen-bond donors (Lipinski definition) is 0. The third-order valence-corrected chi connectivity index (χ3v) is 7.48. The lowest BCUT2D eigenvalue weighted by Crippen LogP contribution is -2.15. The Bertz CT molecular complexity index is 1060. The van der Waals surface area contributed by atoms with Gasteiger partial charge in [-0.25, -0.2) is 8.78 Å². The van der Waals surface area contributed by atoms with E-state index in [0.717, 1.165) is 34.8 Å². The SMILES string of the molecule is C/C=C/CCC1CCC(CCc2ccc3c(F)c(CCc4ccc(F)cc4)ccc3c2)CC1. The highest BCUT2D eigenvalue weighted by Crippen LogP contribution is 2.34. The van der Waals surface area contributed by atoms with Crippen LogP contribution in [0.2, 0.25) is 0 Å². The summed E-state index contributed by atoms with van der Waals surface area (Å²) >= 11 is 0. The van der Waals surface area contributed by atoms with Gasteiger partial charge >= 0.3 is 0 Å². The fourth-order valence-corrected chi connectivity index (χ4v) is 5.34. The van der Waals surface area contributed by atoms with Gasteiger partial charge < -0.3 is 0 Å². The summed E-state index contributed by atoms with van der Waals surface area (Å²) in [6.07, 6.45) is 16.2. The second-order valence-electron chi connectivity index (χ2n) is 9.79. The maximum Gasteiger partial charge on any atom is 0.134 e. The number of hydrogen-bond acceptors (Lipinski definition) is 0. The fourth-order valence-electron chi connectivity index (χ4n) is 5.34. The van der Waals surface area contributed by atoms with Crippen LogP contribution in [0.4, 0.5) is 8.78 Å². The summed E-state index contributed by atoms with van der Waals surface area (Å²) < 4.78 is 28.2. The van der Waals surface area contributed by atoms with Crippen LogP contribution in [0.3, 0.4) is 0 Å². The Morgan fingerprint density at radius 1 is 0.758 bits per heavy atom. The Morgan fingerprint density at radius 3 is 2.18 bits per heavy atom. The van der Waals surface area contributed by atoms with Crippen LogP contribution >= 0.6 is 0 Å². The zero-order valence-corrected chi connectivity index (χ0v) is 19.8. The predicted molar refractivity (Wildman–Crippen MR) is 136 cm³/mol. The first-order valence-corrected chi connectivity index (χ1v) is 12.7. The van der Waals surface area contributed by atoms with Gasteiger partial charge in [-0.1, -0.05) is 80.3 Å². The minimum atomic E-state index is -0.237. The predicted octanol–water partition coefficient (Wildman–Crippen LogP) is 9.00. The highest BCUT2D eigenvalue weighted by atomic mass is 19.1. The molecule has 2 heteroatoms. The molecule has 3 aromatic carbocycles. The van der Waals surface area contributed by atoms with Gasteiger partial charge in [0.15, 0.2) is 0 Å². The number of allylic oxidation sites excluding steroid dienone is 2. The van der Waals surface area contributed by atoms with E-state index in [1.807, 2.05) is 12.1 Å². The van der Waals surface area contributed by atoms with Crippen molar-refractivity contribution in [3.8, 4) is 0 Å². The lowest BCUT2D eigenvalue weighted by atomic mass is 9.78. The lowest BCUT2D eigenvalue weighted by Gasteiger charge is -2.28. The molecule has 0 nitrogen and oxygen atoms in total. The van der Waals surface area contributed by atoms with Crippen molar-refractivity contribution in [2.75, 3.05) is 0 Å². The van der Waals surface area contributed by atoms with Crippen LogP contribution in [-0.2, 0) is 19.3 Å². The normalized spacial score (nSPS) is 18.9. The summed E-state index contributed by atoms with van der Waals surface area (Å²) in [5.41, 5.74) is 3.07. The molecule has 1 aliphatic carbocycles. The summed E-state index contributed by atoms with van der Waals surface area (Å²) in [7, 11) is 0. The molecule has 0 amide bonds. The largest absolute Gasteiger partial charge is 0.207 e. The molecule has 0 bridgehead atoms. The van der Waals surface area contributed by atoms with Crippen molar-refractivity contribution in [2.24, 2.45) is 11.8 Å². The quantitative estimate of drug-likeness (QED) is 0.288. The molecule has 0 spiro atoms. The van der Waals surface area contributed by atoms with Crippen molar-refractivity contribution in [3.63, 3.8) is 0 Å². The summed E-state index contributed by atoms with van der Waals surface area (Å²) in [5, 5.41) is 1.69. The number of fused-ring (bicyclic) bond motifs is 1. The molecule has 1 fully saturated rings. The van der Waals surface area contributed by atoms with Crippen LogP contribution < -0.4 is 0 Å². The van der Waals surface area contributed by atoms with Gasteiger partial charge in [-0.3, -0.25) is 0 Å². The van der Waals surface area contributed by atoms with Crippen molar-refractivity contribution in [1.29, 1.82) is 0 Å². The molecular weight excluding hydrogens is 410 g/mol. The van der Waals surface area contributed by atoms with E-state index in [1.165, 1.54) is 62.6 Å². The number of aryl methyl sites for hydroxylation is 3. The molecule has 0 heterocycles. The first kappa shape index (κ1) is 23.7. The summed E-state index contributed by atoms with van der Waals surface area (Å²) in [6.45, 7) is 2.10. The van der Waals surface area contributed by atoms with Gasteiger partial charge in [0.1, 0.15) is 11.6 Å². The Kier molecular flexibility index (Phi) is 8.31. The molecule has 0 saturated heterocycles. The van der Waals surface area contributed by atoms with Crippen LogP contribution in [-0.4, -0.2) is 0 Å². The van der Waals surface area contributed by atoms with E-state index in [9.17, 15) is 4.39 Å². The minimum absolute atomic E-state index is 0.114. The summed E-state index contributed by atoms with van der Waals surface area (Å²) in [6, 6.07) is 16.7. The number of rotatable bonds is 9. The third-order valence-electron chi connectivity index (χ3n) is 7.48. The van der Waals surface area contributed by atoms with E-state index >= 15 is 4.39 Å². The Balaban J connectivity index is 1.31. The van der Waals surface area contributed by atoms with E-state index in [1.54, 1.807) is 12.1 Å². The first-order valence-electron chi connectivity index (χ1n) is 12.7. The molecule has 0 aromatic heterocycles. The lowest BCUT2D eigenvalue weighted by molar-refractivity contribution is 0.254. The van der Waals surface area contributed by atoms with Crippen molar-refractivity contribution in [1.82, 2.24) is 0 Å².